The van der Waals surface area contributed by atoms with Crippen LogP contribution in [0.2, 0.25) is 0 Å². The molecule has 19 heavy (non-hydrogen) atoms. The zero-order chi connectivity index (χ0) is 14.3. The molecule has 1 atom stereocenters. The molecule has 0 aliphatic carbocycles. The van der Waals surface area contributed by atoms with Crippen LogP contribution in [0.1, 0.15) is 40.0 Å². The van der Waals surface area contributed by atoms with Gasteiger partial charge in [0.25, 0.3) is 0 Å². The fourth-order valence-electron chi connectivity index (χ4n) is 2.19. The molecular formula is C15H26N2O2. The molecule has 0 radical (unpaired) electrons. The van der Waals surface area contributed by atoms with Crippen molar-refractivity contribution in [3.05, 3.63) is 0 Å². The van der Waals surface area contributed by atoms with E-state index in [4.69, 9.17) is 11.2 Å². The van der Waals surface area contributed by atoms with E-state index < -0.39 is 5.60 Å². The number of carbonyl (C=O) groups is 1. The van der Waals surface area contributed by atoms with Crippen molar-refractivity contribution in [2.45, 2.75) is 45.6 Å². The van der Waals surface area contributed by atoms with E-state index >= 15 is 0 Å². The predicted molar refractivity (Wildman–Crippen MR) is 76.9 cm³/mol. The summed E-state index contributed by atoms with van der Waals surface area (Å²) >= 11 is 0. The highest BCUT2D eigenvalue weighted by atomic mass is 16.6. The van der Waals surface area contributed by atoms with E-state index in [-0.39, 0.29) is 6.09 Å². The molecule has 0 bridgehead atoms. The molecule has 1 aliphatic heterocycles. The molecule has 0 saturated carbocycles. The van der Waals surface area contributed by atoms with Crippen molar-refractivity contribution in [3.8, 4) is 12.3 Å². The normalized spacial score (nSPS) is 19.9. The number of hydrogen-bond donors (Lipinski definition) is 1. The number of carbonyl (C=O) groups excluding carboxylic acids is 1. The van der Waals surface area contributed by atoms with Gasteiger partial charge in [0.15, 0.2) is 0 Å². The largest absolute Gasteiger partial charge is 0.444 e. The summed E-state index contributed by atoms with van der Waals surface area (Å²) in [6.45, 7) is 9.03. The second-order valence-corrected chi connectivity index (χ2v) is 6.09. The fraction of sp³-hybridized carbons (Fsp3) is 0.800. The van der Waals surface area contributed by atoms with Crippen LogP contribution in [0.3, 0.4) is 0 Å². The summed E-state index contributed by atoms with van der Waals surface area (Å²) < 4.78 is 5.41. The number of amides is 1. The number of piperidine rings is 1. The van der Waals surface area contributed by atoms with Gasteiger partial charge in [0.05, 0.1) is 0 Å². The molecule has 0 aromatic rings. The monoisotopic (exact) mass is 266 g/mol. The molecule has 1 N–H and O–H groups in total. The number of nitrogens with one attached hydrogen (secondary N) is 1. The maximum Gasteiger partial charge on any atom is 0.410 e. The summed E-state index contributed by atoms with van der Waals surface area (Å²) in [4.78, 5) is 13.8. The first kappa shape index (κ1) is 15.8. The van der Waals surface area contributed by atoms with E-state index in [2.05, 4.69) is 11.2 Å². The molecule has 4 nitrogen and oxygen atoms in total. The van der Waals surface area contributed by atoms with Gasteiger partial charge in [0.1, 0.15) is 5.60 Å². The molecular weight excluding hydrogens is 240 g/mol. The van der Waals surface area contributed by atoms with Crippen LogP contribution in [-0.4, -0.2) is 42.8 Å². The Labute approximate surface area is 116 Å². The standard InChI is InChI=1S/C15H26N2O2/c1-5-6-9-16-11-13-8-7-10-17(12-13)14(18)19-15(2,3)4/h1,13,16H,6-12H2,2-4H3. The third-order valence-corrected chi connectivity index (χ3v) is 3.05. The minimum Gasteiger partial charge on any atom is -0.444 e. The van der Waals surface area contributed by atoms with Gasteiger partial charge in [-0.25, -0.2) is 4.79 Å². The highest BCUT2D eigenvalue weighted by Crippen LogP contribution is 2.18. The SMILES string of the molecule is C#CCCNCC1CCCN(C(=O)OC(C)(C)C)C1. The van der Waals surface area contributed by atoms with Crippen LogP contribution in [0.4, 0.5) is 4.79 Å². The summed E-state index contributed by atoms with van der Waals surface area (Å²) in [5, 5.41) is 3.34. The molecule has 1 aliphatic rings. The maximum atomic E-state index is 12.0. The second-order valence-electron chi connectivity index (χ2n) is 6.09. The van der Waals surface area contributed by atoms with E-state index in [1.54, 1.807) is 0 Å². The lowest BCUT2D eigenvalue weighted by molar-refractivity contribution is 0.0166. The summed E-state index contributed by atoms with van der Waals surface area (Å²) in [6, 6.07) is 0. The number of likely N-dealkylation sites (tertiary alicyclic amines) is 1. The van der Waals surface area contributed by atoms with E-state index in [9.17, 15) is 4.79 Å². The molecule has 108 valence electrons. The zero-order valence-corrected chi connectivity index (χ0v) is 12.4. The Morgan fingerprint density at radius 1 is 1.53 bits per heavy atom. The van der Waals surface area contributed by atoms with E-state index in [1.807, 2.05) is 25.7 Å². The van der Waals surface area contributed by atoms with E-state index in [1.165, 1.54) is 0 Å². The highest BCUT2D eigenvalue weighted by Gasteiger charge is 2.27. The van der Waals surface area contributed by atoms with Crippen molar-refractivity contribution in [1.82, 2.24) is 10.2 Å². The fourth-order valence-corrected chi connectivity index (χ4v) is 2.19. The molecule has 1 heterocycles. The Balaban J connectivity index is 2.33. The number of rotatable bonds is 4. The topological polar surface area (TPSA) is 41.6 Å². The van der Waals surface area contributed by atoms with Gasteiger partial charge in [0.2, 0.25) is 0 Å². The summed E-state index contributed by atoms with van der Waals surface area (Å²) in [5.41, 5.74) is -0.422. The molecule has 4 heteroatoms. The van der Waals surface area contributed by atoms with Crippen molar-refractivity contribution >= 4 is 6.09 Å². The summed E-state index contributed by atoms with van der Waals surface area (Å²) in [6.07, 6.45) is 7.97. The van der Waals surface area contributed by atoms with Crippen LogP contribution < -0.4 is 5.32 Å². The number of ether oxygens (including phenoxy) is 1. The lowest BCUT2D eigenvalue weighted by Crippen LogP contribution is -2.45. The van der Waals surface area contributed by atoms with Crippen LogP contribution in [0.5, 0.6) is 0 Å². The van der Waals surface area contributed by atoms with Crippen molar-refractivity contribution in [2.24, 2.45) is 5.92 Å². The molecule has 0 aromatic carbocycles. The Bertz CT molecular complexity index is 328. The third-order valence-electron chi connectivity index (χ3n) is 3.05. The molecule has 1 fully saturated rings. The van der Waals surface area contributed by atoms with Gasteiger partial charge < -0.3 is 15.0 Å². The summed E-state index contributed by atoms with van der Waals surface area (Å²) in [7, 11) is 0. The van der Waals surface area contributed by atoms with Gasteiger partial charge in [0, 0.05) is 26.1 Å². The van der Waals surface area contributed by atoms with Crippen molar-refractivity contribution < 1.29 is 9.53 Å². The second kappa shape index (κ2) is 7.40. The third kappa shape index (κ3) is 6.49. The Morgan fingerprint density at radius 2 is 2.26 bits per heavy atom. The first-order valence-electron chi connectivity index (χ1n) is 7.04. The number of hydrogen-bond acceptors (Lipinski definition) is 3. The van der Waals surface area contributed by atoms with Crippen LogP contribution in [0.15, 0.2) is 0 Å². The van der Waals surface area contributed by atoms with Crippen molar-refractivity contribution in [3.63, 3.8) is 0 Å². The first-order chi connectivity index (χ1) is 8.92. The van der Waals surface area contributed by atoms with Crippen LogP contribution in [0, 0.1) is 18.3 Å². The molecule has 1 saturated heterocycles. The highest BCUT2D eigenvalue weighted by molar-refractivity contribution is 5.68. The van der Waals surface area contributed by atoms with Gasteiger partial charge in [-0.1, -0.05) is 0 Å². The first-order valence-corrected chi connectivity index (χ1v) is 7.04. The van der Waals surface area contributed by atoms with Gasteiger partial charge >= 0.3 is 6.09 Å². The Kier molecular flexibility index (Phi) is 6.17. The van der Waals surface area contributed by atoms with Gasteiger partial charge in [-0.05, 0) is 46.1 Å². The Morgan fingerprint density at radius 3 is 2.89 bits per heavy atom. The smallest absolute Gasteiger partial charge is 0.410 e. The average molecular weight is 266 g/mol. The molecule has 1 unspecified atom stereocenters. The Hall–Kier alpha value is -1.21. The van der Waals surface area contributed by atoms with Crippen molar-refractivity contribution in [2.75, 3.05) is 26.2 Å². The quantitative estimate of drug-likeness (QED) is 0.627. The molecule has 0 aromatic heterocycles. The predicted octanol–water partition coefficient (Wildman–Crippen LogP) is 2.25. The summed E-state index contributed by atoms with van der Waals surface area (Å²) in [5.74, 6) is 3.11. The number of nitrogens with zero attached hydrogens (tertiary/aromatic N) is 1. The lowest BCUT2D eigenvalue weighted by Gasteiger charge is -2.34. The van der Waals surface area contributed by atoms with Crippen LogP contribution >= 0.6 is 0 Å². The van der Waals surface area contributed by atoms with Crippen LogP contribution in [0.25, 0.3) is 0 Å². The van der Waals surface area contributed by atoms with E-state index in [0.29, 0.717) is 5.92 Å². The molecule has 0 spiro atoms. The zero-order valence-electron chi connectivity index (χ0n) is 12.4. The molecule has 1 amide bonds. The van der Waals surface area contributed by atoms with Gasteiger partial charge in [-0.15, -0.1) is 12.3 Å². The maximum absolute atomic E-state index is 12.0. The van der Waals surface area contributed by atoms with Gasteiger partial charge in [-0.3, -0.25) is 0 Å². The number of terminal acetylenes is 1. The van der Waals surface area contributed by atoms with E-state index in [0.717, 1.165) is 45.4 Å². The lowest BCUT2D eigenvalue weighted by atomic mass is 9.98. The minimum absolute atomic E-state index is 0.194. The molecule has 1 rings (SSSR count). The minimum atomic E-state index is -0.422. The van der Waals surface area contributed by atoms with Crippen LogP contribution in [-0.2, 0) is 4.74 Å². The van der Waals surface area contributed by atoms with Crippen molar-refractivity contribution in [1.29, 1.82) is 0 Å². The average Bonchev–Trinajstić information content (AvgIpc) is 2.33. The van der Waals surface area contributed by atoms with Gasteiger partial charge in [-0.2, -0.15) is 0 Å².